The molecule has 0 spiro atoms. The molecular weight excluding hydrogens is 396 g/mol. The molecule has 3 rings (SSSR count). The standard InChI is InChI=1S/C24H26N2O5/c1-14-6-5-7-21(15(14)2)26-13-19(12-22(26)28)24(30)31-17(4)23(29)25-20-10-8-18(9-11-20)16(3)27/h5-11,17,19H,12-13H2,1-4H3,(H,25,29)/t17-,19-/m0/s1. The first-order valence-corrected chi connectivity index (χ1v) is 10.2. The topological polar surface area (TPSA) is 92.8 Å². The van der Waals surface area contributed by atoms with Crippen LogP contribution in [0.15, 0.2) is 42.5 Å². The lowest BCUT2D eigenvalue weighted by atomic mass is 10.1. The SMILES string of the molecule is CC(=O)c1ccc(NC(=O)[C@H](C)OC(=O)[C@H]2CC(=O)N(c3cccc(C)c3C)C2)cc1. The third-order valence-corrected chi connectivity index (χ3v) is 5.55. The average molecular weight is 422 g/mol. The molecule has 1 saturated heterocycles. The van der Waals surface area contributed by atoms with E-state index in [1.807, 2.05) is 32.0 Å². The molecule has 7 heteroatoms. The Balaban J connectivity index is 1.59. The number of Topliss-reactive ketones (excluding diaryl/α,β-unsaturated/α-hetero) is 1. The van der Waals surface area contributed by atoms with Crippen LogP contribution in [0, 0.1) is 19.8 Å². The number of nitrogens with zero attached hydrogens (tertiary/aromatic N) is 1. The van der Waals surface area contributed by atoms with Crippen LogP contribution in [-0.2, 0) is 19.1 Å². The largest absolute Gasteiger partial charge is 0.452 e. The van der Waals surface area contributed by atoms with Crippen molar-refractivity contribution in [3.05, 3.63) is 59.2 Å². The van der Waals surface area contributed by atoms with Gasteiger partial charge in [0, 0.05) is 29.9 Å². The Kier molecular flexibility index (Phi) is 6.53. The van der Waals surface area contributed by atoms with Crippen LogP contribution in [-0.4, -0.2) is 36.2 Å². The number of carbonyl (C=O) groups is 4. The predicted octanol–water partition coefficient (Wildman–Crippen LogP) is 3.43. The van der Waals surface area contributed by atoms with E-state index in [1.54, 1.807) is 29.2 Å². The number of nitrogens with one attached hydrogen (secondary N) is 1. The van der Waals surface area contributed by atoms with Crippen LogP contribution >= 0.6 is 0 Å². The van der Waals surface area contributed by atoms with Crippen LogP contribution in [0.1, 0.15) is 41.8 Å². The van der Waals surface area contributed by atoms with Crippen LogP contribution in [0.2, 0.25) is 0 Å². The Bertz CT molecular complexity index is 1030. The normalized spacial score (nSPS) is 16.7. The molecule has 1 heterocycles. The number of aryl methyl sites for hydroxylation is 1. The van der Waals surface area contributed by atoms with Crippen molar-refractivity contribution < 1.29 is 23.9 Å². The fourth-order valence-electron chi connectivity index (χ4n) is 3.48. The second kappa shape index (κ2) is 9.12. The second-order valence-electron chi connectivity index (χ2n) is 7.83. The molecule has 1 aliphatic heterocycles. The third-order valence-electron chi connectivity index (χ3n) is 5.55. The summed E-state index contributed by atoms with van der Waals surface area (Å²) in [6.45, 7) is 7.08. The Morgan fingerprint density at radius 1 is 1.10 bits per heavy atom. The highest BCUT2D eigenvalue weighted by Gasteiger charge is 2.37. The molecule has 7 nitrogen and oxygen atoms in total. The van der Waals surface area contributed by atoms with Gasteiger partial charge in [0.1, 0.15) is 0 Å². The molecule has 0 saturated carbocycles. The number of amides is 2. The van der Waals surface area contributed by atoms with Gasteiger partial charge in [-0.05, 0) is 69.2 Å². The van der Waals surface area contributed by atoms with E-state index in [1.165, 1.54) is 13.8 Å². The molecule has 0 unspecified atom stereocenters. The highest BCUT2D eigenvalue weighted by molar-refractivity contribution is 6.01. The molecule has 2 amide bonds. The van der Waals surface area contributed by atoms with Crippen molar-refractivity contribution in [3.8, 4) is 0 Å². The van der Waals surface area contributed by atoms with Gasteiger partial charge < -0.3 is 15.0 Å². The van der Waals surface area contributed by atoms with Gasteiger partial charge in [0.05, 0.1) is 5.92 Å². The molecular formula is C24H26N2O5. The monoisotopic (exact) mass is 422 g/mol. The summed E-state index contributed by atoms with van der Waals surface area (Å²) in [4.78, 5) is 50.4. The summed E-state index contributed by atoms with van der Waals surface area (Å²) < 4.78 is 5.33. The number of hydrogen-bond donors (Lipinski definition) is 1. The molecule has 0 aliphatic carbocycles. The molecule has 1 N–H and O–H groups in total. The van der Waals surface area contributed by atoms with Crippen LogP contribution in [0.25, 0.3) is 0 Å². The van der Waals surface area contributed by atoms with E-state index in [4.69, 9.17) is 4.74 Å². The molecule has 0 aromatic heterocycles. The van der Waals surface area contributed by atoms with Gasteiger partial charge in [-0.1, -0.05) is 12.1 Å². The van der Waals surface area contributed by atoms with Crippen molar-refractivity contribution in [1.82, 2.24) is 0 Å². The molecule has 1 aliphatic rings. The summed E-state index contributed by atoms with van der Waals surface area (Å²) in [5.74, 6) is -1.90. The number of carbonyl (C=O) groups excluding carboxylic acids is 4. The maximum Gasteiger partial charge on any atom is 0.312 e. The van der Waals surface area contributed by atoms with Crippen molar-refractivity contribution >= 4 is 34.9 Å². The van der Waals surface area contributed by atoms with E-state index in [0.717, 1.165) is 16.8 Å². The van der Waals surface area contributed by atoms with Crippen molar-refractivity contribution in [2.45, 2.75) is 40.2 Å². The zero-order chi connectivity index (χ0) is 22.7. The second-order valence-corrected chi connectivity index (χ2v) is 7.83. The maximum absolute atomic E-state index is 12.6. The van der Waals surface area contributed by atoms with Gasteiger partial charge in [-0.2, -0.15) is 0 Å². The van der Waals surface area contributed by atoms with Crippen LogP contribution in [0.3, 0.4) is 0 Å². The predicted molar refractivity (Wildman–Crippen MR) is 117 cm³/mol. The van der Waals surface area contributed by atoms with E-state index in [9.17, 15) is 19.2 Å². The highest BCUT2D eigenvalue weighted by atomic mass is 16.5. The minimum Gasteiger partial charge on any atom is -0.452 e. The molecule has 2 aromatic rings. The zero-order valence-electron chi connectivity index (χ0n) is 18.1. The summed E-state index contributed by atoms with van der Waals surface area (Å²) in [7, 11) is 0. The minimum absolute atomic E-state index is 0.0487. The Morgan fingerprint density at radius 3 is 2.42 bits per heavy atom. The summed E-state index contributed by atoms with van der Waals surface area (Å²) in [6, 6.07) is 12.2. The summed E-state index contributed by atoms with van der Waals surface area (Å²) in [5.41, 5.74) is 3.89. The van der Waals surface area contributed by atoms with Crippen LogP contribution in [0.4, 0.5) is 11.4 Å². The molecule has 162 valence electrons. The van der Waals surface area contributed by atoms with Crippen molar-refractivity contribution in [2.75, 3.05) is 16.8 Å². The zero-order valence-corrected chi connectivity index (χ0v) is 18.1. The van der Waals surface area contributed by atoms with Gasteiger partial charge in [0.2, 0.25) is 5.91 Å². The molecule has 0 bridgehead atoms. The van der Waals surface area contributed by atoms with Gasteiger partial charge in [-0.25, -0.2) is 0 Å². The Morgan fingerprint density at radius 2 is 1.77 bits per heavy atom. The lowest BCUT2D eigenvalue weighted by Crippen LogP contribution is -2.33. The van der Waals surface area contributed by atoms with Crippen LogP contribution < -0.4 is 10.2 Å². The quantitative estimate of drug-likeness (QED) is 0.569. The molecule has 31 heavy (non-hydrogen) atoms. The van der Waals surface area contributed by atoms with E-state index in [2.05, 4.69) is 5.32 Å². The number of benzene rings is 2. The molecule has 2 atom stereocenters. The first-order chi connectivity index (χ1) is 14.7. The van der Waals surface area contributed by atoms with E-state index in [0.29, 0.717) is 11.3 Å². The van der Waals surface area contributed by atoms with Gasteiger partial charge >= 0.3 is 5.97 Å². The summed E-state index contributed by atoms with van der Waals surface area (Å²) in [5, 5.41) is 2.66. The summed E-state index contributed by atoms with van der Waals surface area (Å²) >= 11 is 0. The highest BCUT2D eigenvalue weighted by Crippen LogP contribution is 2.30. The van der Waals surface area contributed by atoms with E-state index >= 15 is 0 Å². The smallest absolute Gasteiger partial charge is 0.312 e. The first kappa shape index (κ1) is 22.2. The molecule has 2 aromatic carbocycles. The maximum atomic E-state index is 12.6. The lowest BCUT2D eigenvalue weighted by molar-refractivity contribution is -0.157. The average Bonchev–Trinajstić information content (AvgIpc) is 3.12. The van der Waals surface area contributed by atoms with E-state index in [-0.39, 0.29) is 24.7 Å². The van der Waals surface area contributed by atoms with Crippen molar-refractivity contribution in [1.29, 1.82) is 0 Å². The van der Waals surface area contributed by atoms with E-state index < -0.39 is 23.9 Å². The number of ether oxygens (including phenoxy) is 1. The van der Waals surface area contributed by atoms with Gasteiger partial charge in [-0.3, -0.25) is 19.2 Å². The minimum atomic E-state index is -1.02. The van der Waals surface area contributed by atoms with Gasteiger partial charge in [0.25, 0.3) is 5.91 Å². The fraction of sp³-hybridized carbons (Fsp3) is 0.333. The van der Waals surface area contributed by atoms with Crippen molar-refractivity contribution in [2.24, 2.45) is 5.92 Å². The fourth-order valence-corrected chi connectivity index (χ4v) is 3.48. The summed E-state index contributed by atoms with van der Waals surface area (Å²) in [6.07, 6.45) is -0.975. The molecule has 0 radical (unpaired) electrons. The Labute approximate surface area is 181 Å². The van der Waals surface area contributed by atoms with Gasteiger partial charge in [0.15, 0.2) is 11.9 Å². The van der Waals surface area contributed by atoms with Crippen molar-refractivity contribution in [3.63, 3.8) is 0 Å². The lowest BCUT2D eigenvalue weighted by Gasteiger charge is -2.20. The number of esters is 1. The van der Waals surface area contributed by atoms with Crippen LogP contribution in [0.5, 0.6) is 0 Å². The number of ketones is 1. The molecule has 1 fully saturated rings. The number of hydrogen-bond acceptors (Lipinski definition) is 5. The number of rotatable bonds is 6. The third kappa shape index (κ3) is 4.99. The van der Waals surface area contributed by atoms with Gasteiger partial charge in [-0.15, -0.1) is 0 Å². The first-order valence-electron chi connectivity index (χ1n) is 10.2. The number of anilines is 2. The Hall–Kier alpha value is -3.48.